The first-order chi connectivity index (χ1) is 5.79. The van der Waals surface area contributed by atoms with Crippen LogP contribution in [0.5, 0.6) is 0 Å². The molecule has 0 unspecified atom stereocenters. The van der Waals surface area contributed by atoms with Crippen LogP contribution in [-0.4, -0.2) is 12.8 Å². The molecule has 0 saturated heterocycles. The summed E-state index contributed by atoms with van der Waals surface area (Å²) >= 11 is 1.71. The molecule has 1 rings (SSSR count). The highest BCUT2D eigenvalue weighted by molar-refractivity contribution is 7.09. The molecule has 0 aliphatic rings. The van der Waals surface area contributed by atoms with Gasteiger partial charge in [0.2, 0.25) is 0 Å². The Morgan fingerprint density at radius 1 is 1.58 bits per heavy atom. The van der Waals surface area contributed by atoms with Crippen LogP contribution in [0.25, 0.3) is 0 Å². The van der Waals surface area contributed by atoms with Gasteiger partial charge in [0.05, 0.1) is 0 Å². The fourth-order valence-corrected chi connectivity index (χ4v) is 1.46. The molecule has 1 aromatic heterocycles. The number of Topliss-reactive ketones (excluding diaryl/α,β-unsaturated/α-hetero) is 1. The van der Waals surface area contributed by atoms with Gasteiger partial charge in [0.1, 0.15) is 5.78 Å². The molecule has 0 atom stereocenters. The van der Waals surface area contributed by atoms with Crippen molar-refractivity contribution >= 4 is 17.1 Å². The minimum Gasteiger partial charge on any atom is -0.333 e. The van der Waals surface area contributed by atoms with E-state index >= 15 is 0 Å². The molecule has 68 valence electrons. The van der Waals surface area contributed by atoms with E-state index in [-0.39, 0.29) is 5.78 Å². The second-order valence-electron chi connectivity index (χ2n) is 2.28. The van der Waals surface area contributed by atoms with Gasteiger partial charge in [0.25, 0.3) is 0 Å². The molecule has 0 aromatic carbocycles. The van der Waals surface area contributed by atoms with Gasteiger partial charge in [-0.2, -0.15) is 0 Å². The summed E-state index contributed by atoms with van der Waals surface area (Å²) in [6.07, 6.45) is 1.59. The summed E-state index contributed by atoms with van der Waals surface area (Å²) < 4.78 is 0. The van der Waals surface area contributed by atoms with Gasteiger partial charge in [-0.3, -0.25) is 0 Å². The summed E-state index contributed by atoms with van der Waals surface area (Å²) in [6.45, 7) is 1.63. The zero-order chi connectivity index (χ0) is 9.40. The smallest absolute Gasteiger partial charge is 0.130 e. The molecule has 0 aliphatic carbocycles. The normalized spacial score (nSPS) is 8.58. The average molecular weight is 185 g/mol. The Hall–Kier alpha value is -0.670. The van der Waals surface area contributed by atoms with Crippen molar-refractivity contribution in [1.29, 1.82) is 0 Å². The topological polar surface area (TPSA) is 43.1 Å². The first-order valence-electron chi connectivity index (χ1n) is 3.88. The summed E-state index contributed by atoms with van der Waals surface area (Å²) in [5, 5.41) is 2.04. The maximum atomic E-state index is 10.5. The van der Waals surface area contributed by atoms with E-state index in [1.807, 2.05) is 11.4 Å². The molecule has 1 aromatic rings. The molecule has 0 aliphatic heterocycles. The average Bonchev–Trinajstić information content (AvgIpc) is 2.56. The van der Waals surface area contributed by atoms with Crippen molar-refractivity contribution in [2.24, 2.45) is 5.73 Å². The first kappa shape index (κ1) is 11.3. The predicted octanol–water partition coefficient (Wildman–Crippen LogP) is 1.84. The second kappa shape index (κ2) is 7.00. The van der Waals surface area contributed by atoms with E-state index < -0.39 is 0 Å². The third kappa shape index (κ3) is 5.04. The molecule has 0 radical (unpaired) electrons. The van der Waals surface area contributed by atoms with E-state index in [1.54, 1.807) is 18.3 Å². The molecular weight excluding hydrogens is 170 g/mol. The number of hydrogen-bond donors (Lipinski definition) is 1. The third-order valence-corrected chi connectivity index (χ3v) is 2.24. The van der Waals surface area contributed by atoms with E-state index in [0.29, 0.717) is 6.42 Å². The van der Waals surface area contributed by atoms with Crippen molar-refractivity contribution in [3.63, 3.8) is 0 Å². The third-order valence-electron chi connectivity index (χ3n) is 1.30. The SMILES string of the molecule is CC(=O)CCc1cccs1.CN. The van der Waals surface area contributed by atoms with Gasteiger partial charge in [-0.05, 0) is 31.8 Å². The van der Waals surface area contributed by atoms with Crippen molar-refractivity contribution in [3.05, 3.63) is 22.4 Å². The molecule has 2 nitrogen and oxygen atoms in total. The van der Waals surface area contributed by atoms with Crippen LogP contribution in [-0.2, 0) is 11.2 Å². The Labute approximate surface area is 77.4 Å². The van der Waals surface area contributed by atoms with Crippen LogP contribution >= 0.6 is 11.3 Å². The zero-order valence-corrected chi connectivity index (χ0v) is 8.36. The van der Waals surface area contributed by atoms with Gasteiger partial charge in [-0.15, -0.1) is 11.3 Å². The Morgan fingerprint density at radius 3 is 2.67 bits per heavy atom. The van der Waals surface area contributed by atoms with Crippen molar-refractivity contribution in [2.45, 2.75) is 19.8 Å². The zero-order valence-electron chi connectivity index (χ0n) is 7.54. The fourth-order valence-electron chi connectivity index (χ4n) is 0.754. The first-order valence-corrected chi connectivity index (χ1v) is 4.76. The Bertz CT molecular complexity index is 206. The molecule has 0 fully saturated rings. The van der Waals surface area contributed by atoms with E-state index in [0.717, 1.165) is 6.42 Å². The van der Waals surface area contributed by atoms with E-state index in [1.165, 1.54) is 11.9 Å². The van der Waals surface area contributed by atoms with Crippen LogP contribution < -0.4 is 5.73 Å². The van der Waals surface area contributed by atoms with Crippen LogP contribution in [0.3, 0.4) is 0 Å². The number of hydrogen-bond acceptors (Lipinski definition) is 3. The number of ketones is 1. The fraction of sp³-hybridized carbons (Fsp3) is 0.444. The lowest BCUT2D eigenvalue weighted by Gasteiger charge is -1.90. The lowest BCUT2D eigenvalue weighted by molar-refractivity contribution is -0.116. The quantitative estimate of drug-likeness (QED) is 0.781. The Morgan fingerprint density at radius 2 is 2.25 bits per heavy atom. The maximum absolute atomic E-state index is 10.5. The molecule has 0 bridgehead atoms. The monoisotopic (exact) mass is 185 g/mol. The van der Waals surface area contributed by atoms with Crippen LogP contribution in [0.4, 0.5) is 0 Å². The number of rotatable bonds is 3. The highest BCUT2D eigenvalue weighted by Crippen LogP contribution is 2.10. The molecule has 3 heteroatoms. The number of carbonyl (C=O) groups is 1. The van der Waals surface area contributed by atoms with E-state index in [2.05, 4.69) is 11.8 Å². The second-order valence-corrected chi connectivity index (χ2v) is 3.31. The van der Waals surface area contributed by atoms with Gasteiger partial charge in [-0.1, -0.05) is 6.07 Å². The van der Waals surface area contributed by atoms with Crippen molar-refractivity contribution in [2.75, 3.05) is 7.05 Å². The Kier molecular flexibility index (Phi) is 6.61. The van der Waals surface area contributed by atoms with Crippen LogP contribution in [0, 0.1) is 0 Å². The summed E-state index contributed by atoms with van der Waals surface area (Å²) in [5.74, 6) is 0.272. The lowest BCUT2D eigenvalue weighted by atomic mass is 10.2. The summed E-state index contributed by atoms with van der Waals surface area (Å²) in [4.78, 5) is 11.8. The van der Waals surface area contributed by atoms with Gasteiger partial charge < -0.3 is 10.5 Å². The predicted molar refractivity (Wildman–Crippen MR) is 53.4 cm³/mol. The van der Waals surface area contributed by atoms with Gasteiger partial charge in [-0.25, -0.2) is 0 Å². The van der Waals surface area contributed by atoms with Crippen LogP contribution in [0.1, 0.15) is 18.2 Å². The minimum absolute atomic E-state index is 0.272. The van der Waals surface area contributed by atoms with Crippen molar-refractivity contribution < 1.29 is 4.79 Å². The molecular formula is C9H15NOS. The minimum atomic E-state index is 0.272. The van der Waals surface area contributed by atoms with Gasteiger partial charge in [0, 0.05) is 11.3 Å². The number of carbonyl (C=O) groups excluding carboxylic acids is 1. The van der Waals surface area contributed by atoms with Crippen LogP contribution in [0.15, 0.2) is 17.5 Å². The molecule has 12 heavy (non-hydrogen) atoms. The van der Waals surface area contributed by atoms with Crippen LogP contribution in [0.2, 0.25) is 0 Å². The lowest BCUT2D eigenvalue weighted by Crippen LogP contribution is -1.91. The summed E-state index contributed by atoms with van der Waals surface area (Å²) in [5.41, 5.74) is 4.50. The molecule has 0 saturated carbocycles. The number of nitrogens with two attached hydrogens (primary N) is 1. The van der Waals surface area contributed by atoms with Crippen molar-refractivity contribution in [3.8, 4) is 0 Å². The standard InChI is InChI=1S/C8H10OS.CH5N/c1-7(9)4-5-8-3-2-6-10-8;1-2/h2-3,6H,4-5H2,1H3;2H2,1H3. The highest BCUT2D eigenvalue weighted by Gasteiger charge is 1.95. The van der Waals surface area contributed by atoms with Gasteiger partial charge >= 0.3 is 0 Å². The maximum Gasteiger partial charge on any atom is 0.130 e. The summed E-state index contributed by atoms with van der Waals surface area (Å²) in [7, 11) is 1.50. The van der Waals surface area contributed by atoms with E-state index in [9.17, 15) is 4.79 Å². The summed E-state index contributed by atoms with van der Waals surface area (Å²) in [6, 6.07) is 4.08. The van der Waals surface area contributed by atoms with Gasteiger partial charge in [0.15, 0.2) is 0 Å². The number of aryl methyl sites for hydroxylation is 1. The molecule has 0 spiro atoms. The molecule has 2 N–H and O–H groups in total. The van der Waals surface area contributed by atoms with E-state index in [4.69, 9.17) is 0 Å². The highest BCUT2D eigenvalue weighted by atomic mass is 32.1. The Balaban J connectivity index is 0.000000561. The largest absolute Gasteiger partial charge is 0.333 e. The van der Waals surface area contributed by atoms with Crippen molar-refractivity contribution in [1.82, 2.24) is 0 Å². The molecule has 1 heterocycles. The molecule has 0 amide bonds. The number of thiophene rings is 1.